The second-order valence-corrected chi connectivity index (χ2v) is 6.05. The molecular formula is C20H24FN3O3. The largest absolute Gasteiger partial charge is 0.494 e. The SMILES string of the molecule is CCNC(=O)NC(=O)[C@@H](c1ccccc1)N(C)Cc1ccc(OC)c(F)c1. The van der Waals surface area contributed by atoms with Crippen molar-refractivity contribution in [1.82, 2.24) is 15.5 Å². The second kappa shape index (κ2) is 9.68. The fourth-order valence-electron chi connectivity index (χ4n) is 2.81. The number of urea groups is 1. The number of methoxy groups -OCH3 is 1. The van der Waals surface area contributed by atoms with Crippen LogP contribution in [0.15, 0.2) is 48.5 Å². The van der Waals surface area contributed by atoms with Crippen molar-refractivity contribution in [3.63, 3.8) is 0 Å². The third kappa shape index (κ3) is 5.52. The second-order valence-electron chi connectivity index (χ2n) is 6.05. The fourth-order valence-corrected chi connectivity index (χ4v) is 2.81. The Bertz CT molecular complexity index is 783. The molecule has 0 aromatic heterocycles. The molecule has 1 atom stereocenters. The topological polar surface area (TPSA) is 70.7 Å². The van der Waals surface area contributed by atoms with Gasteiger partial charge in [-0.15, -0.1) is 0 Å². The van der Waals surface area contributed by atoms with E-state index in [4.69, 9.17) is 4.74 Å². The minimum atomic E-state index is -0.709. The van der Waals surface area contributed by atoms with Gasteiger partial charge in [0.2, 0.25) is 5.91 Å². The number of carbonyl (C=O) groups excluding carboxylic acids is 2. The van der Waals surface area contributed by atoms with E-state index in [0.29, 0.717) is 18.7 Å². The van der Waals surface area contributed by atoms with Crippen LogP contribution in [-0.4, -0.2) is 37.5 Å². The first-order valence-electron chi connectivity index (χ1n) is 8.62. The number of hydrogen-bond acceptors (Lipinski definition) is 4. The van der Waals surface area contributed by atoms with Gasteiger partial charge < -0.3 is 10.1 Å². The third-order valence-corrected chi connectivity index (χ3v) is 4.03. The van der Waals surface area contributed by atoms with Crippen LogP contribution in [0.1, 0.15) is 24.1 Å². The van der Waals surface area contributed by atoms with E-state index >= 15 is 0 Å². The maximum Gasteiger partial charge on any atom is 0.321 e. The minimum Gasteiger partial charge on any atom is -0.494 e. The fraction of sp³-hybridized carbons (Fsp3) is 0.300. The Labute approximate surface area is 158 Å². The lowest BCUT2D eigenvalue weighted by molar-refractivity contribution is -0.125. The van der Waals surface area contributed by atoms with E-state index in [1.54, 1.807) is 31.0 Å². The van der Waals surface area contributed by atoms with Gasteiger partial charge in [-0.2, -0.15) is 0 Å². The number of halogens is 1. The summed E-state index contributed by atoms with van der Waals surface area (Å²) in [5.74, 6) is -0.759. The number of amides is 3. The molecule has 0 bridgehead atoms. The van der Waals surface area contributed by atoms with Crippen LogP contribution >= 0.6 is 0 Å². The highest BCUT2D eigenvalue weighted by Crippen LogP contribution is 2.24. The van der Waals surface area contributed by atoms with E-state index < -0.39 is 23.8 Å². The average molecular weight is 373 g/mol. The molecule has 2 rings (SSSR count). The summed E-state index contributed by atoms with van der Waals surface area (Å²) >= 11 is 0. The van der Waals surface area contributed by atoms with Crippen LogP contribution in [0.4, 0.5) is 9.18 Å². The summed E-state index contributed by atoms with van der Waals surface area (Å²) in [5.41, 5.74) is 1.42. The Morgan fingerprint density at radius 2 is 1.89 bits per heavy atom. The Balaban J connectivity index is 2.23. The van der Waals surface area contributed by atoms with Crippen molar-refractivity contribution in [2.24, 2.45) is 0 Å². The van der Waals surface area contributed by atoms with Crippen molar-refractivity contribution in [2.45, 2.75) is 19.5 Å². The maximum absolute atomic E-state index is 14.0. The predicted molar refractivity (Wildman–Crippen MR) is 101 cm³/mol. The van der Waals surface area contributed by atoms with Gasteiger partial charge in [-0.25, -0.2) is 9.18 Å². The summed E-state index contributed by atoms with van der Waals surface area (Å²) in [6.45, 7) is 2.49. The number of carbonyl (C=O) groups is 2. The molecule has 0 saturated heterocycles. The number of benzene rings is 2. The lowest BCUT2D eigenvalue weighted by Crippen LogP contribution is -2.45. The molecule has 0 aliphatic carbocycles. The number of rotatable bonds is 7. The Kier molecular flexibility index (Phi) is 7.31. The van der Waals surface area contributed by atoms with Crippen LogP contribution in [0.2, 0.25) is 0 Å². The zero-order valence-electron chi connectivity index (χ0n) is 15.7. The van der Waals surface area contributed by atoms with Crippen molar-refractivity contribution in [2.75, 3.05) is 20.7 Å². The van der Waals surface area contributed by atoms with Crippen LogP contribution in [0, 0.1) is 5.82 Å². The van der Waals surface area contributed by atoms with Crippen molar-refractivity contribution in [1.29, 1.82) is 0 Å². The van der Waals surface area contributed by atoms with Gasteiger partial charge in [-0.05, 0) is 37.2 Å². The first kappa shape index (κ1) is 20.4. The van der Waals surface area contributed by atoms with Crippen molar-refractivity contribution >= 4 is 11.9 Å². The van der Waals surface area contributed by atoms with Gasteiger partial charge >= 0.3 is 6.03 Å². The van der Waals surface area contributed by atoms with Crippen LogP contribution in [-0.2, 0) is 11.3 Å². The van der Waals surface area contributed by atoms with Gasteiger partial charge in [-0.3, -0.25) is 15.0 Å². The van der Waals surface area contributed by atoms with Crippen molar-refractivity contribution in [3.8, 4) is 5.75 Å². The lowest BCUT2D eigenvalue weighted by atomic mass is 10.0. The highest BCUT2D eigenvalue weighted by molar-refractivity contribution is 5.97. The summed E-state index contributed by atoms with van der Waals surface area (Å²) < 4.78 is 18.9. The molecule has 2 aromatic carbocycles. The Hall–Kier alpha value is -2.93. The Morgan fingerprint density at radius 1 is 1.19 bits per heavy atom. The van der Waals surface area contributed by atoms with Gasteiger partial charge in [0, 0.05) is 13.1 Å². The monoisotopic (exact) mass is 373 g/mol. The average Bonchev–Trinajstić information content (AvgIpc) is 2.63. The molecule has 0 radical (unpaired) electrons. The molecule has 0 saturated carbocycles. The van der Waals surface area contributed by atoms with Crippen LogP contribution in [0.5, 0.6) is 5.75 Å². The molecule has 0 fully saturated rings. The molecule has 144 valence electrons. The van der Waals surface area contributed by atoms with E-state index in [0.717, 1.165) is 5.56 Å². The van der Waals surface area contributed by atoms with E-state index in [2.05, 4.69) is 10.6 Å². The summed E-state index contributed by atoms with van der Waals surface area (Å²) in [6, 6.07) is 12.5. The highest BCUT2D eigenvalue weighted by Gasteiger charge is 2.26. The normalized spacial score (nSPS) is 11.7. The van der Waals surface area contributed by atoms with Gasteiger partial charge in [-0.1, -0.05) is 36.4 Å². The maximum atomic E-state index is 14.0. The molecule has 2 aromatic rings. The molecule has 0 aliphatic rings. The molecule has 27 heavy (non-hydrogen) atoms. The molecule has 7 heteroatoms. The minimum absolute atomic E-state index is 0.162. The molecule has 6 nitrogen and oxygen atoms in total. The van der Waals surface area contributed by atoms with Crippen molar-refractivity contribution in [3.05, 3.63) is 65.5 Å². The molecule has 2 N–H and O–H groups in total. The lowest BCUT2D eigenvalue weighted by Gasteiger charge is -2.27. The molecule has 3 amide bonds. The number of likely N-dealkylation sites (N-methyl/N-ethyl adjacent to an activating group) is 1. The van der Waals surface area contributed by atoms with Gasteiger partial charge in [0.05, 0.1) is 7.11 Å². The molecule has 0 spiro atoms. The van der Waals surface area contributed by atoms with E-state index in [9.17, 15) is 14.0 Å². The number of imide groups is 1. The number of nitrogens with zero attached hydrogens (tertiary/aromatic N) is 1. The smallest absolute Gasteiger partial charge is 0.321 e. The van der Waals surface area contributed by atoms with E-state index in [1.165, 1.54) is 13.2 Å². The molecule has 0 unspecified atom stereocenters. The van der Waals surface area contributed by atoms with Crippen LogP contribution in [0.3, 0.4) is 0 Å². The summed E-state index contributed by atoms with van der Waals surface area (Å²) in [6.07, 6.45) is 0. The standard InChI is InChI=1S/C20H24FN3O3/c1-4-22-20(26)23-19(25)18(15-8-6-5-7-9-15)24(2)13-14-10-11-17(27-3)16(21)12-14/h5-12,18H,4,13H2,1-3H3,(H2,22,23,25,26)/t18-/m1/s1. The van der Waals surface area contributed by atoms with Gasteiger partial charge in [0.25, 0.3) is 0 Å². The number of ether oxygens (including phenoxy) is 1. The Morgan fingerprint density at radius 3 is 2.48 bits per heavy atom. The summed E-state index contributed by atoms with van der Waals surface area (Å²) in [4.78, 5) is 26.2. The summed E-state index contributed by atoms with van der Waals surface area (Å²) in [5, 5.41) is 4.89. The van der Waals surface area contributed by atoms with Crippen LogP contribution < -0.4 is 15.4 Å². The van der Waals surface area contributed by atoms with E-state index in [-0.39, 0.29) is 5.75 Å². The first-order chi connectivity index (χ1) is 13.0. The zero-order valence-corrected chi connectivity index (χ0v) is 15.7. The van der Waals surface area contributed by atoms with Crippen LogP contribution in [0.25, 0.3) is 0 Å². The zero-order chi connectivity index (χ0) is 19.8. The first-order valence-corrected chi connectivity index (χ1v) is 8.62. The summed E-state index contributed by atoms with van der Waals surface area (Å²) in [7, 11) is 3.15. The highest BCUT2D eigenvalue weighted by atomic mass is 19.1. The molecular weight excluding hydrogens is 349 g/mol. The van der Waals surface area contributed by atoms with E-state index in [1.807, 2.05) is 30.3 Å². The van der Waals surface area contributed by atoms with Gasteiger partial charge in [0.1, 0.15) is 6.04 Å². The molecule has 0 aliphatic heterocycles. The molecule has 0 heterocycles. The van der Waals surface area contributed by atoms with Gasteiger partial charge in [0.15, 0.2) is 11.6 Å². The number of nitrogens with one attached hydrogen (secondary N) is 2. The quantitative estimate of drug-likeness (QED) is 0.783. The third-order valence-electron chi connectivity index (χ3n) is 4.03. The number of hydrogen-bond donors (Lipinski definition) is 2. The van der Waals surface area contributed by atoms with Crippen molar-refractivity contribution < 1.29 is 18.7 Å². The predicted octanol–water partition coefficient (Wildman–Crippen LogP) is 2.85.